The topological polar surface area (TPSA) is 101 Å². The van der Waals surface area contributed by atoms with Crippen molar-refractivity contribution in [1.29, 1.82) is 0 Å². The molecule has 0 radical (unpaired) electrons. The van der Waals surface area contributed by atoms with Crippen LogP contribution in [0.2, 0.25) is 0 Å². The zero-order valence-electron chi connectivity index (χ0n) is 14.0. The molecular formula is C17H24FN3O3. The summed E-state index contributed by atoms with van der Waals surface area (Å²) in [5.74, 6) is -2.08. The highest BCUT2D eigenvalue weighted by molar-refractivity contribution is 5.91. The number of nitrogens with two attached hydrogens (primary N) is 1. The average molecular weight is 337 g/mol. The van der Waals surface area contributed by atoms with Crippen molar-refractivity contribution in [1.82, 2.24) is 10.6 Å². The molecule has 6 nitrogen and oxygen atoms in total. The van der Waals surface area contributed by atoms with Gasteiger partial charge in [-0.05, 0) is 18.1 Å². The number of carbonyl (C=O) groups excluding carboxylic acids is 3. The van der Waals surface area contributed by atoms with E-state index in [4.69, 9.17) is 5.73 Å². The molecular weight excluding hydrogens is 313 g/mol. The van der Waals surface area contributed by atoms with Gasteiger partial charge in [0.15, 0.2) is 0 Å². The van der Waals surface area contributed by atoms with Gasteiger partial charge in [0.05, 0.1) is 0 Å². The summed E-state index contributed by atoms with van der Waals surface area (Å²) in [6, 6.07) is 4.22. The van der Waals surface area contributed by atoms with Crippen molar-refractivity contribution in [2.45, 2.75) is 51.6 Å². The number of amides is 3. The molecule has 0 bridgehead atoms. The Balaban J connectivity index is 2.86. The molecule has 1 aromatic carbocycles. The largest absolute Gasteiger partial charge is 0.368 e. The highest BCUT2D eigenvalue weighted by Gasteiger charge is 2.25. The number of primary amides is 1. The van der Waals surface area contributed by atoms with Gasteiger partial charge in [-0.15, -0.1) is 0 Å². The summed E-state index contributed by atoms with van der Waals surface area (Å²) in [7, 11) is 0. The summed E-state index contributed by atoms with van der Waals surface area (Å²) >= 11 is 0. The second-order valence-corrected chi connectivity index (χ2v) is 5.65. The van der Waals surface area contributed by atoms with E-state index in [1.54, 1.807) is 18.2 Å². The van der Waals surface area contributed by atoms with Crippen LogP contribution in [0.15, 0.2) is 24.3 Å². The molecule has 0 fully saturated rings. The molecule has 1 aromatic rings. The van der Waals surface area contributed by atoms with E-state index in [9.17, 15) is 18.8 Å². The normalized spacial score (nSPS) is 13.0. The van der Waals surface area contributed by atoms with Gasteiger partial charge in [0, 0.05) is 13.3 Å². The van der Waals surface area contributed by atoms with Crippen molar-refractivity contribution in [2.75, 3.05) is 0 Å². The zero-order valence-corrected chi connectivity index (χ0v) is 14.0. The molecule has 0 aliphatic heterocycles. The summed E-state index contributed by atoms with van der Waals surface area (Å²) in [5.41, 5.74) is 5.60. The van der Waals surface area contributed by atoms with Gasteiger partial charge >= 0.3 is 0 Å². The molecule has 24 heavy (non-hydrogen) atoms. The van der Waals surface area contributed by atoms with Crippen molar-refractivity contribution in [2.24, 2.45) is 5.73 Å². The van der Waals surface area contributed by atoms with E-state index >= 15 is 0 Å². The fourth-order valence-electron chi connectivity index (χ4n) is 2.30. The first-order valence-corrected chi connectivity index (χ1v) is 7.95. The number of carbonyl (C=O) groups is 3. The Bertz CT molecular complexity index is 592. The van der Waals surface area contributed by atoms with E-state index in [0.717, 1.165) is 12.8 Å². The van der Waals surface area contributed by atoms with Crippen LogP contribution in [0.1, 0.15) is 38.7 Å². The van der Waals surface area contributed by atoms with Crippen LogP contribution in [0.4, 0.5) is 4.39 Å². The maximum absolute atomic E-state index is 13.8. The smallest absolute Gasteiger partial charge is 0.243 e. The Labute approximate surface area is 141 Å². The summed E-state index contributed by atoms with van der Waals surface area (Å²) < 4.78 is 13.8. The van der Waals surface area contributed by atoms with Gasteiger partial charge in [0.2, 0.25) is 17.7 Å². The molecule has 7 heteroatoms. The minimum Gasteiger partial charge on any atom is -0.368 e. The fourth-order valence-corrected chi connectivity index (χ4v) is 2.30. The molecule has 0 spiro atoms. The highest BCUT2D eigenvalue weighted by Crippen LogP contribution is 2.10. The van der Waals surface area contributed by atoms with Crippen molar-refractivity contribution in [3.63, 3.8) is 0 Å². The molecule has 4 N–H and O–H groups in total. The lowest BCUT2D eigenvalue weighted by Crippen LogP contribution is -2.53. The van der Waals surface area contributed by atoms with Gasteiger partial charge in [0.1, 0.15) is 17.9 Å². The van der Waals surface area contributed by atoms with Crippen LogP contribution in [0, 0.1) is 5.82 Å². The third-order valence-corrected chi connectivity index (χ3v) is 3.58. The SMILES string of the molecule is CCCC[C@@H](NC(=O)[C@@H](Cc1ccccc1F)NC(C)=O)C(N)=O. The van der Waals surface area contributed by atoms with Crippen LogP contribution >= 0.6 is 0 Å². The maximum Gasteiger partial charge on any atom is 0.243 e. The Morgan fingerprint density at radius 3 is 2.38 bits per heavy atom. The molecule has 1 rings (SSSR count). The van der Waals surface area contributed by atoms with E-state index in [1.807, 2.05) is 6.92 Å². The van der Waals surface area contributed by atoms with E-state index in [2.05, 4.69) is 10.6 Å². The highest BCUT2D eigenvalue weighted by atomic mass is 19.1. The predicted octanol–water partition coefficient (Wildman–Crippen LogP) is 1.03. The summed E-state index contributed by atoms with van der Waals surface area (Å²) in [5, 5.41) is 5.03. The van der Waals surface area contributed by atoms with Gasteiger partial charge in [-0.25, -0.2) is 4.39 Å². The van der Waals surface area contributed by atoms with Gasteiger partial charge < -0.3 is 16.4 Å². The van der Waals surface area contributed by atoms with Crippen molar-refractivity contribution in [3.8, 4) is 0 Å². The third-order valence-electron chi connectivity index (χ3n) is 3.58. The number of rotatable bonds is 9. The van der Waals surface area contributed by atoms with E-state index in [-0.39, 0.29) is 6.42 Å². The summed E-state index contributed by atoms with van der Waals surface area (Å²) in [6.07, 6.45) is 1.98. The predicted molar refractivity (Wildman–Crippen MR) is 88.4 cm³/mol. The Morgan fingerprint density at radius 1 is 1.17 bits per heavy atom. The first kappa shape index (κ1) is 19.6. The van der Waals surface area contributed by atoms with Crippen molar-refractivity contribution in [3.05, 3.63) is 35.6 Å². The number of hydrogen-bond acceptors (Lipinski definition) is 3. The lowest BCUT2D eigenvalue weighted by Gasteiger charge is -2.21. The molecule has 132 valence electrons. The quantitative estimate of drug-likeness (QED) is 0.627. The maximum atomic E-state index is 13.8. The molecule has 0 aliphatic rings. The molecule has 0 saturated heterocycles. The van der Waals surface area contributed by atoms with E-state index in [1.165, 1.54) is 13.0 Å². The number of hydrogen-bond donors (Lipinski definition) is 3. The molecule has 2 atom stereocenters. The lowest BCUT2D eigenvalue weighted by atomic mass is 10.0. The fraction of sp³-hybridized carbons (Fsp3) is 0.471. The van der Waals surface area contributed by atoms with Crippen molar-refractivity contribution >= 4 is 17.7 Å². The minimum absolute atomic E-state index is 0.0165. The molecule has 3 amide bonds. The zero-order chi connectivity index (χ0) is 18.1. The Hall–Kier alpha value is -2.44. The number of benzene rings is 1. The van der Waals surface area contributed by atoms with Gasteiger partial charge in [-0.1, -0.05) is 38.0 Å². The summed E-state index contributed by atoms with van der Waals surface area (Å²) in [6.45, 7) is 3.22. The molecule has 0 unspecified atom stereocenters. The second-order valence-electron chi connectivity index (χ2n) is 5.65. The van der Waals surface area contributed by atoms with Crippen LogP contribution in [0.5, 0.6) is 0 Å². The Morgan fingerprint density at radius 2 is 1.83 bits per heavy atom. The lowest BCUT2D eigenvalue weighted by molar-refractivity contribution is -0.131. The third kappa shape index (κ3) is 6.36. The average Bonchev–Trinajstić information content (AvgIpc) is 2.51. The molecule has 0 aromatic heterocycles. The molecule has 0 saturated carbocycles. The number of halogens is 1. The van der Waals surface area contributed by atoms with E-state index in [0.29, 0.717) is 12.0 Å². The summed E-state index contributed by atoms with van der Waals surface area (Å²) in [4.78, 5) is 35.2. The van der Waals surface area contributed by atoms with Crippen LogP contribution in [0.3, 0.4) is 0 Å². The molecule has 0 aliphatic carbocycles. The van der Waals surface area contributed by atoms with E-state index < -0.39 is 35.6 Å². The van der Waals surface area contributed by atoms with Crippen LogP contribution in [-0.2, 0) is 20.8 Å². The standard InChI is InChI=1S/C17H24FN3O3/c1-3-4-9-14(16(19)23)21-17(24)15(20-11(2)22)10-12-7-5-6-8-13(12)18/h5-8,14-15H,3-4,9-10H2,1-2H3,(H2,19,23)(H,20,22)(H,21,24)/t14-,15-/m1/s1. The van der Waals surface area contributed by atoms with Crippen LogP contribution in [0.25, 0.3) is 0 Å². The van der Waals surface area contributed by atoms with Gasteiger partial charge in [-0.3, -0.25) is 14.4 Å². The monoisotopic (exact) mass is 337 g/mol. The van der Waals surface area contributed by atoms with Crippen LogP contribution < -0.4 is 16.4 Å². The van der Waals surface area contributed by atoms with Gasteiger partial charge in [0.25, 0.3) is 0 Å². The number of unbranched alkanes of at least 4 members (excludes halogenated alkanes) is 1. The Kier molecular flexibility index (Phi) is 7.88. The van der Waals surface area contributed by atoms with Crippen LogP contribution in [-0.4, -0.2) is 29.8 Å². The second kappa shape index (κ2) is 9.64. The van der Waals surface area contributed by atoms with Crippen molar-refractivity contribution < 1.29 is 18.8 Å². The first-order chi connectivity index (χ1) is 11.3. The number of nitrogens with one attached hydrogen (secondary N) is 2. The minimum atomic E-state index is -0.983. The molecule has 0 heterocycles. The first-order valence-electron chi connectivity index (χ1n) is 7.95. The van der Waals surface area contributed by atoms with Gasteiger partial charge in [-0.2, -0.15) is 0 Å².